The number of piperidine rings is 1. The van der Waals surface area contributed by atoms with Crippen LogP contribution in [0.4, 0.5) is 5.82 Å². The number of aromatic nitrogens is 2. The third kappa shape index (κ3) is 3.32. The topological polar surface area (TPSA) is 49.8 Å². The minimum atomic E-state index is 0. The van der Waals surface area contributed by atoms with Gasteiger partial charge in [0.15, 0.2) is 0 Å². The van der Waals surface area contributed by atoms with Crippen molar-refractivity contribution >= 4 is 18.2 Å². The molecule has 0 amide bonds. The molecule has 2 heterocycles. The monoisotopic (exact) mass is 228 g/mol. The molecule has 2 N–H and O–H groups in total. The predicted molar refractivity (Wildman–Crippen MR) is 63.5 cm³/mol. The standard InChI is InChI=1S/C10H16N4.ClH/c1-8-10(13-6-5-12-8)14-9-3-2-4-11-7-9;/h5-6,9,11H,2-4,7H2,1H3,(H,13,14);1H. The summed E-state index contributed by atoms with van der Waals surface area (Å²) in [6.07, 6.45) is 5.89. The molecule has 84 valence electrons. The van der Waals surface area contributed by atoms with E-state index in [4.69, 9.17) is 0 Å². The quantitative estimate of drug-likeness (QED) is 0.803. The maximum Gasteiger partial charge on any atom is 0.147 e. The first kappa shape index (κ1) is 12.2. The summed E-state index contributed by atoms with van der Waals surface area (Å²) in [6.45, 7) is 4.14. The summed E-state index contributed by atoms with van der Waals surface area (Å²) in [5.74, 6) is 0.918. The van der Waals surface area contributed by atoms with Crippen LogP contribution in [0.25, 0.3) is 0 Å². The third-order valence-corrected chi connectivity index (χ3v) is 2.52. The Balaban J connectivity index is 0.00000112. The van der Waals surface area contributed by atoms with Crippen LogP contribution in [0.5, 0.6) is 0 Å². The van der Waals surface area contributed by atoms with Crippen LogP contribution in [0.2, 0.25) is 0 Å². The molecule has 1 aliphatic heterocycles. The van der Waals surface area contributed by atoms with Crippen molar-refractivity contribution in [2.75, 3.05) is 18.4 Å². The van der Waals surface area contributed by atoms with E-state index in [1.807, 2.05) is 6.92 Å². The largest absolute Gasteiger partial charge is 0.365 e. The molecular weight excluding hydrogens is 212 g/mol. The molecule has 0 aliphatic carbocycles. The van der Waals surface area contributed by atoms with Crippen LogP contribution >= 0.6 is 12.4 Å². The fourth-order valence-electron chi connectivity index (χ4n) is 1.72. The third-order valence-electron chi connectivity index (χ3n) is 2.52. The minimum absolute atomic E-state index is 0. The minimum Gasteiger partial charge on any atom is -0.365 e. The summed E-state index contributed by atoms with van der Waals surface area (Å²) in [6, 6.07) is 0.499. The van der Waals surface area contributed by atoms with Gasteiger partial charge in [0, 0.05) is 25.0 Å². The van der Waals surface area contributed by atoms with Crippen LogP contribution in [0, 0.1) is 6.92 Å². The Bertz CT molecular complexity index is 299. The molecule has 1 fully saturated rings. The van der Waals surface area contributed by atoms with Gasteiger partial charge in [-0.05, 0) is 26.3 Å². The van der Waals surface area contributed by atoms with Crippen molar-refractivity contribution in [2.45, 2.75) is 25.8 Å². The van der Waals surface area contributed by atoms with E-state index in [0.29, 0.717) is 6.04 Å². The average molecular weight is 229 g/mol. The first-order valence-corrected chi connectivity index (χ1v) is 5.11. The summed E-state index contributed by atoms with van der Waals surface area (Å²) in [4.78, 5) is 8.47. The number of hydrogen-bond donors (Lipinski definition) is 2. The molecule has 0 bridgehead atoms. The summed E-state index contributed by atoms with van der Waals surface area (Å²) >= 11 is 0. The van der Waals surface area contributed by atoms with Crippen LogP contribution in [0.1, 0.15) is 18.5 Å². The fraction of sp³-hybridized carbons (Fsp3) is 0.600. The zero-order valence-electron chi connectivity index (χ0n) is 8.86. The Morgan fingerprint density at radius 2 is 2.20 bits per heavy atom. The molecule has 0 radical (unpaired) electrons. The van der Waals surface area contributed by atoms with Gasteiger partial charge in [0.1, 0.15) is 5.82 Å². The summed E-state index contributed by atoms with van der Waals surface area (Å²) in [7, 11) is 0. The van der Waals surface area contributed by atoms with Gasteiger partial charge in [-0.15, -0.1) is 12.4 Å². The first-order chi connectivity index (χ1) is 6.86. The SMILES string of the molecule is Cc1nccnc1NC1CCCNC1.Cl. The summed E-state index contributed by atoms with van der Waals surface area (Å²) in [5.41, 5.74) is 0.970. The molecule has 1 aromatic rings. The molecule has 0 spiro atoms. The lowest BCUT2D eigenvalue weighted by atomic mass is 10.1. The van der Waals surface area contributed by atoms with Gasteiger partial charge in [0.2, 0.25) is 0 Å². The van der Waals surface area contributed by atoms with Crippen LogP contribution in [-0.4, -0.2) is 29.1 Å². The molecule has 1 aliphatic rings. The molecule has 0 aromatic carbocycles. The number of hydrogen-bond acceptors (Lipinski definition) is 4. The van der Waals surface area contributed by atoms with Crippen molar-refractivity contribution in [1.82, 2.24) is 15.3 Å². The second-order valence-electron chi connectivity index (χ2n) is 3.68. The Morgan fingerprint density at radius 1 is 1.40 bits per heavy atom. The molecule has 1 aromatic heterocycles. The van der Waals surface area contributed by atoms with Gasteiger partial charge in [-0.2, -0.15) is 0 Å². The lowest BCUT2D eigenvalue weighted by molar-refractivity contribution is 0.478. The second-order valence-corrected chi connectivity index (χ2v) is 3.68. The Labute approximate surface area is 96.3 Å². The van der Waals surface area contributed by atoms with Crippen LogP contribution < -0.4 is 10.6 Å². The van der Waals surface area contributed by atoms with Crippen molar-refractivity contribution in [3.63, 3.8) is 0 Å². The summed E-state index contributed by atoms with van der Waals surface area (Å²) in [5, 5.41) is 6.78. The van der Waals surface area contributed by atoms with Gasteiger partial charge < -0.3 is 10.6 Å². The van der Waals surface area contributed by atoms with Crippen LogP contribution in [0.15, 0.2) is 12.4 Å². The van der Waals surface area contributed by atoms with E-state index in [9.17, 15) is 0 Å². The lowest BCUT2D eigenvalue weighted by Crippen LogP contribution is -2.38. The maximum atomic E-state index is 4.27. The van der Waals surface area contributed by atoms with Gasteiger partial charge in [-0.3, -0.25) is 4.98 Å². The molecule has 5 heteroatoms. The number of anilines is 1. The Kier molecular flexibility index (Phi) is 4.78. The smallest absolute Gasteiger partial charge is 0.147 e. The lowest BCUT2D eigenvalue weighted by Gasteiger charge is -2.24. The number of rotatable bonds is 2. The van der Waals surface area contributed by atoms with Gasteiger partial charge in [-0.1, -0.05) is 0 Å². The molecule has 0 saturated carbocycles. The van der Waals surface area contributed by atoms with Gasteiger partial charge >= 0.3 is 0 Å². The molecule has 1 unspecified atom stereocenters. The Morgan fingerprint density at radius 3 is 2.87 bits per heavy atom. The molecule has 1 saturated heterocycles. The molecule has 4 nitrogen and oxygen atoms in total. The predicted octanol–water partition coefficient (Wildman–Crippen LogP) is 1.37. The first-order valence-electron chi connectivity index (χ1n) is 5.11. The van der Waals surface area contributed by atoms with Gasteiger partial charge in [0.05, 0.1) is 5.69 Å². The van der Waals surface area contributed by atoms with E-state index in [-0.39, 0.29) is 12.4 Å². The normalized spacial score (nSPS) is 20.5. The van der Waals surface area contributed by atoms with E-state index in [1.54, 1.807) is 12.4 Å². The molecular formula is C10H17ClN4. The highest BCUT2D eigenvalue weighted by molar-refractivity contribution is 5.85. The van der Waals surface area contributed by atoms with E-state index < -0.39 is 0 Å². The molecule has 2 rings (SSSR count). The number of halogens is 1. The highest BCUT2D eigenvalue weighted by Crippen LogP contribution is 2.11. The van der Waals surface area contributed by atoms with Crippen molar-refractivity contribution in [2.24, 2.45) is 0 Å². The second kappa shape index (κ2) is 5.88. The number of nitrogens with one attached hydrogen (secondary N) is 2. The molecule has 15 heavy (non-hydrogen) atoms. The van der Waals surface area contributed by atoms with Gasteiger partial charge in [-0.25, -0.2) is 4.98 Å². The van der Waals surface area contributed by atoms with Gasteiger partial charge in [0.25, 0.3) is 0 Å². The van der Waals surface area contributed by atoms with Crippen molar-refractivity contribution in [3.8, 4) is 0 Å². The van der Waals surface area contributed by atoms with Crippen LogP contribution in [0.3, 0.4) is 0 Å². The highest BCUT2D eigenvalue weighted by Gasteiger charge is 2.13. The van der Waals surface area contributed by atoms with E-state index in [0.717, 1.165) is 24.6 Å². The van der Waals surface area contributed by atoms with Crippen LogP contribution in [-0.2, 0) is 0 Å². The molecule has 1 atom stereocenters. The van der Waals surface area contributed by atoms with E-state index in [1.165, 1.54) is 12.8 Å². The fourth-order valence-corrected chi connectivity index (χ4v) is 1.72. The zero-order chi connectivity index (χ0) is 9.80. The Hall–Kier alpha value is -0.870. The zero-order valence-corrected chi connectivity index (χ0v) is 9.68. The average Bonchev–Trinajstić information content (AvgIpc) is 2.23. The maximum absolute atomic E-state index is 4.27. The number of nitrogens with zero attached hydrogens (tertiary/aromatic N) is 2. The van der Waals surface area contributed by atoms with E-state index >= 15 is 0 Å². The van der Waals surface area contributed by atoms with Crippen molar-refractivity contribution in [1.29, 1.82) is 0 Å². The van der Waals surface area contributed by atoms with Crippen molar-refractivity contribution < 1.29 is 0 Å². The highest BCUT2D eigenvalue weighted by atomic mass is 35.5. The number of aryl methyl sites for hydroxylation is 1. The summed E-state index contributed by atoms with van der Waals surface area (Å²) < 4.78 is 0. The van der Waals surface area contributed by atoms with Crippen molar-refractivity contribution in [3.05, 3.63) is 18.1 Å². The van der Waals surface area contributed by atoms with E-state index in [2.05, 4.69) is 20.6 Å².